The molecule has 7 aromatic rings. The Morgan fingerprint density at radius 1 is 0.291 bits per heavy atom. The summed E-state index contributed by atoms with van der Waals surface area (Å²) in [6.07, 6.45) is 0. The van der Waals surface area contributed by atoms with E-state index in [1.165, 1.54) is 128 Å². The second kappa shape index (κ2) is 11.3. The molecule has 0 unspecified atom stereocenters. The van der Waals surface area contributed by atoms with Gasteiger partial charge in [0.15, 0.2) is 0 Å². The van der Waals surface area contributed by atoms with Gasteiger partial charge >= 0.3 is 0 Å². The van der Waals surface area contributed by atoms with Crippen molar-refractivity contribution >= 4 is 97.4 Å². The molecule has 55 heavy (non-hydrogen) atoms. The van der Waals surface area contributed by atoms with E-state index in [4.69, 9.17) is 0 Å². The number of nitrogens with zero attached hydrogens (tertiary/aromatic N) is 3. The molecule has 0 saturated carbocycles. The highest BCUT2D eigenvalue weighted by Crippen LogP contribution is 2.50. The summed E-state index contributed by atoms with van der Waals surface area (Å²) < 4.78 is 0. The monoisotopic (exact) mass is 707 g/mol. The average molecular weight is 708 g/mol. The van der Waals surface area contributed by atoms with Crippen LogP contribution in [0.15, 0.2) is 115 Å². The Bertz CT molecular complexity index is 2620. The molecule has 0 aromatic heterocycles. The molecule has 0 fully saturated rings. The molecule has 11 rings (SSSR count). The molecule has 0 radical (unpaired) electrons. The Morgan fingerprint density at radius 2 is 0.600 bits per heavy atom. The first kappa shape index (κ1) is 32.5. The van der Waals surface area contributed by atoms with E-state index in [-0.39, 0.29) is 13.4 Å². The molecule has 0 spiro atoms. The van der Waals surface area contributed by atoms with Crippen LogP contribution in [0.4, 0.5) is 51.2 Å². The van der Waals surface area contributed by atoms with Crippen LogP contribution in [0.1, 0.15) is 44.5 Å². The van der Waals surface area contributed by atoms with Crippen molar-refractivity contribution in [2.45, 2.75) is 55.4 Å². The van der Waals surface area contributed by atoms with E-state index in [2.05, 4.69) is 185 Å². The molecule has 264 valence electrons. The minimum Gasteiger partial charge on any atom is -0.312 e. The van der Waals surface area contributed by atoms with Crippen molar-refractivity contribution in [2.24, 2.45) is 0 Å². The summed E-state index contributed by atoms with van der Waals surface area (Å²) in [5.74, 6) is 0. The minimum atomic E-state index is 0.0843. The first-order chi connectivity index (χ1) is 26.5. The summed E-state index contributed by atoms with van der Waals surface area (Å²) in [5, 5.41) is 0. The van der Waals surface area contributed by atoms with Crippen molar-refractivity contribution in [2.75, 3.05) is 14.7 Å². The van der Waals surface area contributed by atoms with Gasteiger partial charge in [-0.3, -0.25) is 0 Å². The van der Waals surface area contributed by atoms with Gasteiger partial charge in [-0.25, -0.2) is 0 Å². The van der Waals surface area contributed by atoms with Gasteiger partial charge in [-0.05, 0) is 187 Å². The molecule has 3 nitrogen and oxygen atoms in total. The molecule has 5 heteroatoms. The minimum absolute atomic E-state index is 0.0843. The first-order valence-corrected chi connectivity index (χ1v) is 19.7. The Morgan fingerprint density at radius 3 is 0.927 bits per heavy atom. The summed E-state index contributed by atoms with van der Waals surface area (Å²) >= 11 is 0. The predicted octanol–water partition coefficient (Wildman–Crippen LogP) is 8.85. The summed E-state index contributed by atoms with van der Waals surface area (Å²) in [4.78, 5) is 7.84. The number of hydrogen-bond donors (Lipinski definition) is 0. The maximum atomic E-state index is 2.66. The van der Waals surface area contributed by atoms with E-state index >= 15 is 0 Å². The second-order valence-electron chi connectivity index (χ2n) is 16.9. The van der Waals surface area contributed by atoms with E-state index in [9.17, 15) is 0 Å². The van der Waals surface area contributed by atoms with E-state index < -0.39 is 0 Å². The molecule has 0 saturated heterocycles. The number of fused-ring (bicyclic) bond motifs is 10. The van der Waals surface area contributed by atoms with Crippen molar-refractivity contribution in [1.29, 1.82) is 0 Å². The molecular formula is C50H43B2N3. The van der Waals surface area contributed by atoms with Gasteiger partial charge in [0, 0.05) is 51.2 Å². The maximum absolute atomic E-state index is 2.66. The molecule has 0 bridgehead atoms. The summed E-state index contributed by atoms with van der Waals surface area (Å²) in [5.41, 5.74) is 29.8. The first-order valence-electron chi connectivity index (χ1n) is 19.7. The van der Waals surface area contributed by atoms with Crippen molar-refractivity contribution < 1.29 is 0 Å². The van der Waals surface area contributed by atoms with E-state index in [0.29, 0.717) is 0 Å². The SMILES string of the molecule is Cc1cc(C)cc(N2c3cc(C)ccc3B3c4ccc(C)cc4N4c5cc(C)ccc5B5c6ccc(C)cc6N(c6cc(C)cc(C)c6)c6cc2c3c4c65)c1. The van der Waals surface area contributed by atoms with Gasteiger partial charge in [0.1, 0.15) is 0 Å². The smallest absolute Gasteiger partial charge is 0.252 e. The van der Waals surface area contributed by atoms with Crippen LogP contribution in [0.5, 0.6) is 0 Å². The molecule has 0 aliphatic carbocycles. The largest absolute Gasteiger partial charge is 0.312 e. The standard InChI is InChI=1S/C50H43B2N3/c1-28-9-13-38-42(23-28)53(36-19-32(5)17-33(6)20-36)46-27-47-49-50-48(46)51(38)40-15-11-30(3)25-44(40)55(50)45-26-31(4)12-16-41(45)52(49)39-14-10-29(2)24-43(39)54(47)37-21-34(7)18-35(8)22-37/h9-27H,1-8H3. The van der Waals surface area contributed by atoms with E-state index in [1.54, 1.807) is 0 Å². The van der Waals surface area contributed by atoms with Gasteiger partial charge < -0.3 is 14.7 Å². The summed E-state index contributed by atoms with van der Waals surface area (Å²) in [6, 6.07) is 45.3. The fraction of sp³-hybridized carbons (Fsp3) is 0.160. The number of rotatable bonds is 2. The lowest BCUT2D eigenvalue weighted by molar-refractivity contribution is 1.21. The molecule has 0 amide bonds. The maximum Gasteiger partial charge on any atom is 0.252 e. The molecule has 4 heterocycles. The van der Waals surface area contributed by atoms with Crippen molar-refractivity contribution in [3.63, 3.8) is 0 Å². The van der Waals surface area contributed by atoms with Gasteiger partial charge in [-0.2, -0.15) is 0 Å². The molecule has 0 N–H and O–H groups in total. The van der Waals surface area contributed by atoms with Crippen molar-refractivity contribution in [1.82, 2.24) is 0 Å². The number of benzene rings is 7. The molecule has 4 aliphatic heterocycles. The van der Waals surface area contributed by atoms with Gasteiger partial charge in [-0.1, -0.05) is 60.7 Å². The lowest BCUT2D eigenvalue weighted by atomic mass is 9.28. The van der Waals surface area contributed by atoms with E-state index in [1.807, 2.05) is 0 Å². The van der Waals surface area contributed by atoms with Crippen LogP contribution in [0.3, 0.4) is 0 Å². The Balaban J connectivity index is 1.36. The fourth-order valence-corrected chi connectivity index (χ4v) is 10.5. The highest BCUT2D eigenvalue weighted by Gasteiger charge is 2.51. The van der Waals surface area contributed by atoms with Crippen LogP contribution in [0.25, 0.3) is 0 Å². The van der Waals surface area contributed by atoms with Crippen molar-refractivity contribution in [3.8, 4) is 0 Å². The third-order valence-corrected chi connectivity index (χ3v) is 12.5. The van der Waals surface area contributed by atoms with Gasteiger partial charge in [-0.15, -0.1) is 0 Å². The van der Waals surface area contributed by atoms with Crippen LogP contribution in [0.2, 0.25) is 0 Å². The Labute approximate surface area is 326 Å². The van der Waals surface area contributed by atoms with Crippen LogP contribution in [-0.2, 0) is 0 Å². The molecule has 4 aliphatic rings. The predicted molar refractivity (Wildman–Crippen MR) is 238 cm³/mol. The highest BCUT2D eigenvalue weighted by molar-refractivity contribution is 7.04. The highest BCUT2D eigenvalue weighted by atomic mass is 15.2. The molecule has 7 aromatic carbocycles. The van der Waals surface area contributed by atoms with Crippen LogP contribution >= 0.6 is 0 Å². The van der Waals surface area contributed by atoms with Crippen LogP contribution in [-0.4, -0.2) is 13.4 Å². The van der Waals surface area contributed by atoms with Gasteiger partial charge in [0.05, 0.1) is 0 Å². The fourth-order valence-electron chi connectivity index (χ4n) is 10.5. The Kier molecular flexibility index (Phi) is 6.68. The summed E-state index contributed by atoms with van der Waals surface area (Å²) in [6.45, 7) is 18.0. The molecule has 0 atom stereocenters. The zero-order valence-electron chi connectivity index (χ0n) is 33.0. The third-order valence-electron chi connectivity index (χ3n) is 12.5. The zero-order valence-corrected chi connectivity index (χ0v) is 33.0. The third kappa shape index (κ3) is 4.53. The van der Waals surface area contributed by atoms with Crippen molar-refractivity contribution in [3.05, 3.63) is 160 Å². The lowest BCUT2D eigenvalue weighted by Crippen LogP contribution is -2.68. The Hall–Kier alpha value is -5.93. The van der Waals surface area contributed by atoms with Gasteiger partial charge in [0.25, 0.3) is 13.4 Å². The number of aryl methyl sites for hydroxylation is 8. The summed E-state index contributed by atoms with van der Waals surface area (Å²) in [7, 11) is 0. The van der Waals surface area contributed by atoms with Gasteiger partial charge in [0.2, 0.25) is 0 Å². The lowest BCUT2D eigenvalue weighted by Gasteiger charge is -2.51. The topological polar surface area (TPSA) is 9.72 Å². The number of anilines is 9. The van der Waals surface area contributed by atoms with Crippen LogP contribution in [0, 0.1) is 55.4 Å². The van der Waals surface area contributed by atoms with Crippen LogP contribution < -0.4 is 47.5 Å². The second-order valence-corrected chi connectivity index (χ2v) is 16.9. The average Bonchev–Trinajstić information content (AvgIpc) is 3.13. The molecular weight excluding hydrogens is 664 g/mol. The normalized spacial score (nSPS) is 14.0. The number of hydrogen-bond acceptors (Lipinski definition) is 3. The van der Waals surface area contributed by atoms with E-state index in [0.717, 1.165) is 0 Å². The quantitative estimate of drug-likeness (QED) is 0.166. The zero-order chi connectivity index (χ0) is 37.6.